The van der Waals surface area contributed by atoms with Crippen LogP contribution >= 0.6 is 0 Å². The minimum absolute atomic E-state index is 0.0163. The highest BCUT2D eigenvalue weighted by Crippen LogP contribution is 2.29. The molecule has 2 aromatic rings. The highest BCUT2D eigenvalue weighted by atomic mass is 19.1. The van der Waals surface area contributed by atoms with Crippen molar-refractivity contribution in [2.24, 2.45) is 0 Å². The maximum Gasteiger partial charge on any atom is 0.228 e. The van der Waals surface area contributed by atoms with E-state index >= 15 is 0 Å². The van der Waals surface area contributed by atoms with Gasteiger partial charge in [0.05, 0.1) is 17.8 Å². The largest absolute Gasteiger partial charge is 0.397 e. The Labute approximate surface area is 109 Å². The van der Waals surface area contributed by atoms with Crippen LogP contribution in [0.25, 0.3) is 0 Å². The van der Waals surface area contributed by atoms with Crippen molar-refractivity contribution in [1.82, 2.24) is 0 Å². The zero-order valence-electron chi connectivity index (χ0n) is 10.0. The van der Waals surface area contributed by atoms with Gasteiger partial charge in [0.1, 0.15) is 5.82 Å². The van der Waals surface area contributed by atoms with Crippen LogP contribution in [0.2, 0.25) is 0 Å². The maximum absolute atomic E-state index is 13.2. The normalized spacial score (nSPS) is 13.0. The second-order valence-corrected chi connectivity index (χ2v) is 4.45. The van der Waals surface area contributed by atoms with E-state index in [-0.39, 0.29) is 11.7 Å². The van der Waals surface area contributed by atoms with Gasteiger partial charge < -0.3 is 16.4 Å². The van der Waals surface area contributed by atoms with E-state index in [1.807, 2.05) is 18.2 Å². The summed E-state index contributed by atoms with van der Waals surface area (Å²) in [6, 6.07) is 9.65. The summed E-state index contributed by atoms with van der Waals surface area (Å²) in [5, 5.41) is 5.81. The van der Waals surface area contributed by atoms with Crippen molar-refractivity contribution in [3.8, 4) is 0 Å². The Kier molecular flexibility index (Phi) is 2.59. The number of halogens is 1. The van der Waals surface area contributed by atoms with Crippen LogP contribution in [0.3, 0.4) is 0 Å². The zero-order chi connectivity index (χ0) is 13.4. The molecule has 96 valence electrons. The van der Waals surface area contributed by atoms with Gasteiger partial charge in [0.2, 0.25) is 5.91 Å². The third kappa shape index (κ3) is 2.22. The number of fused-ring (bicyclic) bond motifs is 1. The van der Waals surface area contributed by atoms with E-state index in [0.717, 1.165) is 16.9 Å². The van der Waals surface area contributed by atoms with E-state index in [4.69, 9.17) is 5.73 Å². The smallest absolute Gasteiger partial charge is 0.228 e. The summed E-state index contributed by atoms with van der Waals surface area (Å²) in [5.41, 5.74) is 9.27. The molecule has 0 radical (unpaired) electrons. The summed E-state index contributed by atoms with van der Waals surface area (Å²) in [6.45, 7) is 0. The molecule has 0 saturated carbocycles. The van der Waals surface area contributed by atoms with Crippen LogP contribution in [0.1, 0.15) is 5.56 Å². The lowest BCUT2D eigenvalue weighted by molar-refractivity contribution is -0.115. The first kappa shape index (κ1) is 11.5. The topological polar surface area (TPSA) is 67.1 Å². The van der Waals surface area contributed by atoms with Crippen LogP contribution < -0.4 is 16.4 Å². The molecule has 0 bridgehead atoms. The van der Waals surface area contributed by atoms with Crippen molar-refractivity contribution in [2.45, 2.75) is 6.42 Å². The van der Waals surface area contributed by atoms with Crippen LogP contribution in [-0.4, -0.2) is 5.91 Å². The van der Waals surface area contributed by atoms with Gasteiger partial charge in [-0.1, -0.05) is 0 Å². The second-order valence-electron chi connectivity index (χ2n) is 4.45. The van der Waals surface area contributed by atoms with Crippen molar-refractivity contribution in [1.29, 1.82) is 0 Å². The average molecular weight is 257 g/mol. The van der Waals surface area contributed by atoms with Crippen LogP contribution in [0.15, 0.2) is 36.4 Å². The quantitative estimate of drug-likeness (QED) is 0.724. The second kappa shape index (κ2) is 4.28. The third-order valence-electron chi connectivity index (χ3n) is 3.02. The SMILES string of the molecule is Nc1ccc(F)cc1Nc1ccc2c(c1)CC(=O)N2. The molecule has 5 heteroatoms. The Morgan fingerprint density at radius 2 is 2.05 bits per heavy atom. The standard InChI is InChI=1S/C14H12FN3O/c15-9-1-3-11(16)13(7-9)17-10-2-4-12-8(5-10)6-14(19)18-12/h1-5,7,17H,6,16H2,(H,18,19). The maximum atomic E-state index is 13.2. The minimum Gasteiger partial charge on any atom is -0.397 e. The lowest BCUT2D eigenvalue weighted by Crippen LogP contribution is -2.03. The number of amides is 1. The van der Waals surface area contributed by atoms with Crippen LogP contribution in [-0.2, 0) is 11.2 Å². The van der Waals surface area contributed by atoms with E-state index in [2.05, 4.69) is 10.6 Å². The Balaban J connectivity index is 1.90. The molecule has 1 heterocycles. The molecule has 0 fully saturated rings. The highest BCUT2D eigenvalue weighted by molar-refractivity contribution is 5.99. The first-order chi connectivity index (χ1) is 9.11. The number of anilines is 4. The monoisotopic (exact) mass is 257 g/mol. The summed E-state index contributed by atoms with van der Waals surface area (Å²) < 4.78 is 13.2. The van der Waals surface area contributed by atoms with Crippen molar-refractivity contribution in [3.05, 3.63) is 47.8 Å². The molecular weight excluding hydrogens is 245 g/mol. The number of hydrogen-bond acceptors (Lipinski definition) is 3. The third-order valence-corrected chi connectivity index (χ3v) is 3.02. The minimum atomic E-state index is -0.352. The number of nitrogens with one attached hydrogen (secondary N) is 2. The number of carbonyl (C=O) groups excluding carboxylic acids is 1. The van der Waals surface area contributed by atoms with E-state index in [1.54, 1.807) is 0 Å². The molecule has 0 aromatic heterocycles. The molecule has 1 aliphatic heterocycles. The fourth-order valence-electron chi connectivity index (χ4n) is 2.10. The first-order valence-corrected chi connectivity index (χ1v) is 5.86. The molecule has 0 spiro atoms. The molecule has 19 heavy (non-hydrogen) atoms. The number of nitrogen functional groups attached to an aromatic ring is 1. The molecule has 3 rings (SSSR count). The van der Waals surface area contributed by atoms with Gasteiger partial charge in [-0.25, -0.2) is 4.39 Å². The molecule has 0 aliphatic carbocycles. The number of nitrogens with two attached hydrogens (primary N) is 1. The number of hydrogen-bond donors (Lipinski definition) is 3. The fourth-order valence-corrected chi connectivity index (χ4v) is 2.10. The lowest BCUT2D eigenvalue weighted by atomic mass is 10.1. The Hall–Kier alpha value is -2.56. The van der Waals surface area contributed by atoms with Crippen molar-refractivity contribution >= 4 is 28.7 Å². The molecule has 0 unspecified atom stereocenters. The van der Waals surface area contributed by atoms with Gasteiger partial charge in [0.25, 0.3) is 0 Å². The number of carbonyl (C=O) groups is 1. The van der Waals surface area contributed by atoms with E-state index in [1.165, 1.54) is 18.2 Å². The molecule has 4 N–H and O–H groups in total. The van der Waals surface area contributed by atoms with Gasteiger partial charge in [-0.15, -0.1) is 0 Å². The van der Waals surface area contributed by atoms with Gasteiger partial charge in [-0.05, 0) is 42.0 Å². The molecule has 0 saturated heterocycles. The van der Waals surface area contributed by atoms with E-state index < -0.39 is 0 Å². The van der Waals surface area contributed by atoms with Crippen molar-refractivity contribution in [2.75, 3.05) is 16.4 Å². The van der Waals surface area contributed by atoms with E-state index in [0.29, 0.717) is 17.8 Å². The number of benzene rings is 2. The first-order valence-electron chi connectivity index (χ1n) is 5.86. The predicted octanol–water partition coefficient (Wildman–Crippen LogP) is 2.65. The summed E-state index contributed by atoms with van der Waals surface area (Å²) in [5.74, 6) is -0.368. The number of rotatable bonds is 2. The molecule has 4 nitrogen and oxygen atoms in total. The van der Waals surface area contributed by atoms with Gasteiger partial charge in [-0.3, -0.25) is 4.79 Å². The molecule has 1 amide bonds. The average Bonchev–Trinajstić information content (AvgIpc) is 2.73. The van der Waals surface area contributed by atoms with Gasteiger partial charge in [0.15, 0.2) is 0 Å². The Morgan fingerprint density at radius 1 is 1.21 bits per heavy atom. The molecular formula is C14H12FN3O. The van der Waals surface area contributed by atoms with Crippen molar-refractivity contribution < 1.29 is 9.18 Å². The summed E-state index contributed by atoms with van der Waals surface area (Å²) in [6.07, 6.45) is 0.365. The Morgan fingerprint density at radius 3 is 2.89 bits per heavy atom. The molecule has 2 aromatic carbocycles. The van der Waals surface area contributed by atoms with Crippen molar-refractivity contribution in [3.63, 3.8) is 0 Å². The molecule has 0 atom stereocenters. The predicted molar refractivity (Wildman–Crippen MR) is 72.9 cm³/mol. The van der Waals surface area contributed by atoms with Gasteiger partial charge >= 0.3 is 0 Å². The summed E-state index contributed by atoms with van der Waals surface area (Å²) >= 11 is 0. The highest BCUT2D eigenvalue weighted by Gasteiger charge is 2.17. The fraction of sp³-hybridized carbons (Fsp3) is 0.0714. The molecule has 1 aliphatic rings. The van der Waals surface area contributed by atoms with E-state index in [9.17, 15) is 9.18 Å². The Bertz CT molecular complexity index is 670. The van der Waals surface area contributed by atoms with Crippen LogP contribution in [0, 0.1) is 5.82 Å². The van der Waals surface area contributed by atoms with Crippen LogP contribution in [0.4, 0.5) is 27.1 Å². The summed E-state index contributed by atoms with van der Waals surface area (Å²) in [4.78, 5) is 11.3. The van der Waals surface area contributed by atoms with Gasteiger partial charge in [-0.2, -0.15) is 0 Å². The zero-order valence-corrected chi connectivity index (χ0v) is 10.0. The summed E-state index contributed by atoms with van der Waals surface area (Å²) in [7, 11) is 0. The van der Waals surface area contributed by atoms with Gasteiger partial charge in [0, 0.05) is 11.4 Å². The van der Waals surface area contributed by atoms with Crippen LogP contribution in [0.5, 0.6) is 0 Å². The lowest BCUT2D eigenvalue weighted by Gasteiger charge is -2.10.